The summed E-state index contributed by atoms with van der Waals surface area (Å²) in [5.74, 6) is 0.639. The molecular weight excluding hydrogens is 1130 g/mol. The first-order valence-corrected chi connectivity index (χ1v) is 23.1. The van der Waals surface area contributed by atoms with Gasteiger partial charge < -0.3 is 9.05 Å². The van der Waals surface area contributed by atoms with E-state index in [1.807, 2.05) is 0 Å². The van der Waals surface area contributed by atoms with Gasteiger partial charge in [-0.3, -0.25) is 14.0 Å². The van der Waals surface area contributed by atoms with Crippen LogP contribution in [-0.4, -0.2) is 74.3 Å². The summed E-state index contributed by atoms with van der Waals surface area (Å²) in [6.07, 6.45) is -3.35. The van der Waals surface area contributed by atoms with E-state index in [9.17, 15) is 43.2 Å². The molecule has 2 N–H and O–H groups in total. The molecule has 1 radical (unpaired) electrons. The van der Waals surface area contributed by atoms with Crippen molar-refractivity contribution in [1.82, 2.24) is 49.8 Å². The second kappa shape index (κ2) is 20.9. The normalized spacial score (nSPS) is 11.8. The summed E-state index contributed by atoms with van der Waals surface area (Å²) in [5.41, 5.74) is -2.96. The van der Waals surface area contributed by atoms with Gasteiger partial charge in [0.05, 0.1) is 52.4 Å². The van der Waals surface area contributed by atoms with Crippen LogP contribution in [0.2, 0.25) is 20.1 Å². The van der Waals surface area contributed by atoms with Crippen LogP contribution in [0.5, 0.6) is 0 Å². The number of alkyl halides is 6. The van der Waals surface area contributed by atoms with Crippen molar-refractivity contribution < 1.29 is 52.2 Å². The van der Waals surface area contributed by atoms with Gasteiger partial charge in [0.1, 0.15) is 30.2 Å². The number of thiol groups is 1. The molecule has 19 nitrogen and oxygen atoms in total. The van der Waals surface area contributed by atoms with E-state index in [0.29, 0.717) is 12.1 Å². The van der Waals surface area contributed by atoms with Crippen molar-refractivity contribution in [3.05, 3.63) is 128 Å². The zero-order valence-electron chi connectivity index (χ0n) is 32.5. The third-order valence-electron chi connectivity index (χ3n) is 8.22. The van der Waals surface area contributed by atoms with E-state index < -0.39 is 63.4 Å². The van der Waals surface area contributed by atoms with Gasteiger partial charge >= 0.3 is 37.1 Å². The minimum atomic E-state index is -4.86. The Morgan fingerprint density at radius 2 is 1.13 bits per heavy atom. The van der Waals surface area contributed by atoms with Gasteiger partial charge in [0.25, 0.3) is 20.0 Å². The first-order chi connectivity index (χ1) is 31.9. The molecule has 6 aromatic heterocycles. The Morgan fingerprint density at radius 3 is 1.57 bits per heavy atom. The third kappa shape index (κ3) is 12.0. The topological polar surface area (TPSA) is 244 Å². The number of aromatic nitrogens is 10. The van der Waals surface area contributed by atoms with Crippen molar-refractivity contribution >= 4 is 114 Å². The zero-order chi connectivity index (χ0) is 49.8. The molecule has 68 heavy (non-hydrogen) atoms. The van der Waals surface area contributed by atoms with Crippen molar-refractivity contribution in [2.24, 2.45) is 4.30 Å². The van der Waals surface area contributed by atoms with Crippen LogP contribution in [0.4, 0.5) is 37.7 Å². The number of nitrogens with one attached hydrogen (secondary N) is 2. The van der Waals surface area contributed by atoms with Gasteiger partial charge in [0, 0.05) is 24.5 Å². The van der Waals surface area contributed by atoms with Crippen molar-refractivity contribution in [2.75, 3.05) is 9.44 Å². The van der Waals surface area contributed by atoms with Crippen molar-refractivity contribution in [3.63, 3.8) is 0 Å². The number of pyridine rings is 2. The average molecular weight is 1150 g/mol. The molecule has 0 saturated heterocycles. The molecule has 0 aliphatic carbocycles. The fourth-order valence-corrected chi connectivity index (χ4v) is 8.77. The number of anilines is 2. The van der Waals surface area contributed by atoms with Crippen molar-refractivity contribution in [3.8, 4) is 34.7 Å². The maximum absolute atomic E-state index is 13.2. The summed E-state index contributed by atoms with van der Waals surface area (Å²) in [5, 5.41) is 21.9. The molecule has 0 atom stereocenters. The molecular formula is C34H18BBrCl4F6N13O6S3. The minimum absolute atomic E-state index is 0.0107. The molecule has 0 spiro atoms. The Balaban J connectivity index is 0.000000212. The fraction of sp³-hybridized carbons (Fsp3) is 0.0588. The molecule has 0 aliphatic rings. The van der Waals surface area contributed by atoms with E-state index in [0.717, 1.165) is 24.3 Å². The maximum atomic E-state index is 13.2. The summed E-state index contributed by atoms with van der Waals surface area (Å²) >= 11 is 29.5. The molecule has 0 saturated carbocycles. The molecule has 353 valence electrons. The first kappa shape index (κ1) is 51.8. The van der Waals surface area contributed by atoms with Gasteiger partial charge in [-0.1, -0.05) is 56.7 Å². The van der Waals surface area contributed by atoms with E-state index >= 15 is 0 Å². The number of nitrogens with zero attached hydrogens (tertiary/aromatic N) is 11. The van der Waals surface area contributed by atoms with Crippen LogP contribution in [0, 0.1) is 0 Å². The van der Waals surface area contributed by atoms with Crippen molar-refractivity contribution in [1.29, 1.82) is 0 Å². The van der Waals surface area contributed by atoms with Crippen LogP contribution in [0.15, 0.2) is 120 Å². The molecule has 8 aromatic rings. The summed E-state index contributed by atoms with van der Waals surface area (Å²) in [4.78, 5) is 6.87. The summed E-state index contributed by atoms with van der Waals surface area (Å²) in [6.45, 7) is 0. The summed E-state index contributed by atoms with van der Waals surface area (Å²) in [6, 6.07) is 9.86. The van der Waals surface area contributed by atoms with Crippen LogP contribution >= 0.6 is 75.1 Å². The Morgan fingerprint density at radius 1 is 0.676 bits per heavy atom. The Kier molecular flexibility index (Phi) is 15.9. The van der Waals surface area contributed by atoms with Gasteiger partial charge in [-0.05, 0) is 64.5 Å². The van der Waals surface area contributed by atoms with Gasteiger partial charge in [0.2, 0.25) is 4.73 Å². The monoisotopic (exact) mass is 1140 g/mol. The molecule has 0 fully saturated rings. The molecule has 0 aliphatic heterocycles. The Labute approximate surface area is 412 Å². The van der Waals surface area contributed by atoms with E-state index in [4.69, 9.17) is 55.4 Å². The van der Waals surface area contributed by atoms with E-state index in [1.165, 1.54) is 64.6 Å². The van der Waals surface area contributed by atoms with Gasteiger partial charge in [-0.25, -0.2) is 31.4 Å². The van der Waals surface area contributed by atoms with Crippen LogP contribution < -0.4 is 9.44 Å². The number of benzene rings is 2. The van der Waals surface area contributed by atoms with E-state index in [-0.39, 0.29) is 60.8 Å². The Hall–Kier alpha value is -5.63. The molecule has 34 heteroatoms. The second-order valence-corrected chi connectivity index (χ2v) is 18.6. The van der Waals surface area contributed by atoms with Gasteiger partial charge in [-0.15, -0.1) is 20.4 Å². The number of sulfonamides is 2. The molecule has 0 amide bonds. The van der Waals surface area contributed by atoms with Crippen LogP contribution in [0.1, 0.15) is 11.1 Å². The third-order valence-corrected chi connectivity index (χ3v) is 12.5. The average Bonchev–Trinajstić information content (AvgIpc) is 4.10. The molecule has 2 aromatic carbocycles. The van der Waals surface area contributed by atoms with E-state index in [2.05, 4.69) is 90.8 Å². The van der Waals surface area contributed by atoms with Crippen LogP contribution in [-0.2, 0) is 32.4 Å². The number of rotatable bonds is 10. The van der Waals surface area contributed by atoms with Crippen LogP contribution in [0.25, 0.3) is 34.7 Å². The number of hydrogen-bond donors (Lipinski definition) is 3. The fourth-order valence-electron chi connectivity index (χ4n) is 5.41. The summed E-state index contributed by atoms with van der Waals surface area (Å²) in [7, 11) is -4.70. The SMILES string of the molecule is O=S(=O)(Nc1cc(Cl)cnc1-c1nnc(Br)n1-c1ccon1)c1ccc(Cl)c(C(F)(F)F)c1.O=S(=O)(Nc1cc(Cl)cnc1-c1nncn1-c1ccon1)c1ccc(Cl)c(C(F)(F)F)c1.[B]=NS. The summed E-state index contributed by atoms with van der Waals surface area (Å²) < 4.78 is 150. The van der Waals surface area contributed by atoms with Crippen LogP contribution in [0.3, 0.4) is 0 Å². The quantitative estimate of drug-likeness (QED) is 0.0656. The molecule has 0 bridgehead atoms. The predicted molar refractivity (Wildman–Crippen MR) is 239 cm³/mol. The van der Waals surface area contributed by atoms with E-state index in [1.54, 1.807) is 0 Å². The zero-order valence-corrected chi connectivity index (χ0v) is 39.7. The molecule has 8 rings (SSSR count). The predicted octanol–water partition coefficient (Wildman–Crippen LogP) is 9.83. The molecule has 6 heterocycles. The first-order valence-electron chi connectivity index (χ1n) is 17.4. The number of halogens is 11. The number of hydrogen-bond acceptors (Lipinski definition) is 16. The Bertz CT molecular complexity index is 3340. The van der Waals surface area contributed by atoms with Crippen molar-refractivity contribution in [2.45, 2.75) is 22.1 Å². The standard InChI is InChI=1S/C17H8BrCl2F3N6O3S.C17H9Cl2F3N6O3S.BHNS/c18-16-26-25-15(29(16)13-3-4-32-27-13)14-12(5-8(19)7-24-14)28-33(30,31)9-1-2-11(20)10(6-9)17(21,22)23;18-9-5-13(15(23-7-9)16-25-24-8-28(16)14-3-4-31-26-14)27-32(29,30)10-1-2-12(19)11(6-10)17(20,21)22;1-2-3/h1-7,28H;1-8,27H;3H. The van der Waals surface area contributed by atoms with Gasteiger partial charge in [0.15, 0.2) is 23.3 Å². The van der Waals surface area contributed by atoms with Gasteiger partial charge in [-0.2, -0.15) is 26.3 Å². The molecule has 0 unspecified atom stereocenters. The second-order valence-electron chi connectivity index (χ2n) is 12.6.